The Labute approximate surface area is 135 Å². The second-order valence-corrected chi connectivity index (χ2v) is 5.33. The number of amides is 1. The van der Waals surface area contributed by atoms with Gasteiger partial charge < -0.3 is 10.1 Å². The molecule has 0 spiro atoms. The first-order chi connectivity index (χ1) is 10.1. The average molecular weight is 366 g/mol. The molecule has 2 N–H and O–H groups in total. The van der Waals surface area contributed by atoms with E-state index >= 15 is 0 Å². The minimum absolute atomic E-state index is 0.178. The van der Waals surface area contributed by atoms with Crippen molar-refractivity contribution in [1.82, 2.24) is 10.3 Å². The standard InChI is InChI=1S/C14H12BrN3O2S/c1-20-11-4-2-3-9(7-11)13(19)18-14(21)17-12-6-5-10(15)8-16-12/h2-8H,1H3,(H2,16,17,18,19,21). The molecule has 0 saturated carbocycles. The van der Waals surface area contributed by atoms with Gasteiger partial charge in [0.05, 0.1) is 7.11 Å². The van der Waals surface area contributed by atoms with Gasteiger partial charge in [-0.2, -0.15) is 0 Å². The summed E-state index contributed by atoms with van der Waals surface area (Å²) in [4.78, 5) is 16.2. The van der Waals surface area contributed by atoms with Gasteiger partial charge in [-0.15, -0.1) is 0 Å². The van der Waals surface area contributed by atoms with Crippen molar-refractivity contribution in [1.29, 1.82) is 0 Å². The van der Waals surface area contributed by atoms with Crippen LogP contribution >= 0.6 is 28.1 Å². The smallest absolute Gasteiger partial charge is 0.257 e. The molecule has 1 aromatic heterocycles. The molecule has 1 aromatic carbocycles. The van der Waals surface area contributed by atoms with E-state index in [1.54, 1.807) is 43.6 Å². The van der Waals surface area contributed by atoms with Crippen LogP contribution in [0.4, 0.5) is 5.82 Å². The first kappa shape index (κ1) is 15.4. The third-order valence-corrected chi connectivity index (χ3v) is 3.20. The van der Waals surface area contributed by atoms with Crippen molar-refractivity contribution in [2.24, 2.45) is 0 Å². The zero-order valence-electron chi connectivity index (χ0n) is 11.1. The fourth-order valence-electron chi connectivity index (χ4n) is 1.54. The van der Waals surface area contributed by atoms with E-state index in [1.807, 2.05) is 6.07 Å². The maximum absolute atomic E-state index is 12.0. The molecule has 0 radical (unpaired) electrons. The van der Waals surface area contributed by atoms with Crippen molar-refractivity contribution < 1.29 is 9.53 Å². The van der Waals surface area contributed by atoms with Crippen LogP contribution in [-0.2, 0) is 0 Å². The molecule has 108 valence electrons. The molecule has 2 rings (SSSR count). The van der Waals surface area contributed by atoms with Gasteiger partial charge >= 0.3 is 0 Å². The Morgan fingerprint density at radius 3 is 2.81 bits per heavy atom. The summed E-state index contributed by atoms with van der Waals surface area (Å²) in [5.41, 5.74) is 0.460. The zero-order valence-corrected chi connectivity index (χ0v) is 13.5. The fraction of sp³-hybridized carbons (Fsp3) is 0.0714. The SMILES string of the molecule is COc1cccc(C(=O)NC(=S)Nc2ccc(Br)cn2)c1. The van der Waals surface area contributed by atoms with Crippen LogP contribution in [0.25, 0.3) is 0 Å². The van der Waals surface area contributed by atoms with Gasteiger partial charge in [0.25, 0.3) is 5.91 Å². The first-order valence-electron chi connectivity index (χ1n) is 5.96. The number of nitrogens with zero attached hydrogens (tertiary/aromatic N) is 1. The highest BCUT2D eigenvalue weighted by molar-refractivity contribution is 9.10. The number of aromatic nitrogens is 1. The Balaban J connectivity index is 1.98. The number of nitrogens with one attached hydrogen (secondary N) is 2. The Kier molecular flexibility index (Phi) is 5.24. The molecule has 7 heteroatoms. The highest BCUT2D eigenvalue weighted by Gasteiger charge is 2.09. The fourth-order valence-corrected chi connectivity index (χ4v) is 1.97. The van der Waals surface area contributed by atoms with E-state index in [4.69, 9.17) is 17.0 Å². The molecule has 0 aliphatic carbocycles. The van der Waals surface area contributed by atoms with Gasteiger partial charge in [-0.25, -0.2) is 4.98 Å². The van der Waals surface area contributed by atoms with Crippen molar-refractivity contribution in [3.8, 4) is 5.75 Å². The van der Waals surface area contributed by atoms with Gasteiger partial charge in [0.1, 0.15) is 11.6 Å². The highest BCUT2D eigenvalue weighted by atomic mass is 79.9. The molecule has 0 bridgehead atoms. The largest absolute Gasteiger partial charge is 0.497 e. The predicted octanol–water partition coefficient (Wildman–Crippen LogP) is 2.98. The molecule has 2 aromatic rings. The van der Waals surface area contributed by atoms with Gasteiger partial charge in [0.15, 0.2) is 5.11 Å². The summed E-state index contributed by atoms with van der Waals surface area (Å²) in [6.45, 7) is 0. The Morgan fingerprint density at radius 1 is 1.33 bits per heavy atom. The maximum atomic E-state index is 12.0. The molecule has 0 atom stereocenters. The molecule has 5 nitrogen and oxygen atoms in total. The Bertz CT molecular complexity index is 662. The van der Waals surface area contributed by atoms with E-state index in [2.05, 4.69) is 31.5 Å². The van der Waals surface area contributed by atoms with Crippen LogP contribution < -0.4 is 15.4 Å². The number of ether oxygens (including phenoxy) is 1. The van der Waals surface area contributed by atoms with Crippen molar-refractivity contribution in [3.05, 3.63) is 52.6 Å². The number of halogens is 1. The van der Waals surface area contributed by atoms with E-state index in [0.717, 1.165) is 4.47 Å². The van der Waals surface area contributed by atoms with Crippen LogP contribution in [0.3, 0.4) is 0 Å². The molecular formula is C14H12BrN3O2S. The van der Waals surface area contributed by atoms with Crippen LogP contribution in [0.2, 0.25) is 0 Å². The van der Waals surface area contributed by atoms with Crippen LogP contribution in [0.15, 0.2) is 47.1 Å². The Hall–Kier alpha value is -1.99. The maximum Gasteiger partial charge on any atom is 0.257 e. The molecule has 0 saturated heterocycles. The van der Waals surface area contributed by atoms with Crippen LogP contribution in [-0.4, -0.2) is 23.1 Å². The molecule has 0 aliphatic heterocycles. The number of rotatable bonds is 3. The molecule has 1 amide bonds. The number of thiocarbonyl (C=S) groups is 1. The normalized spacial score (nSPS) is 9.81. The number of methoxy groups -OCH3 is 1. The summed E-state index contributed by atoms with van der Waals surface area (Å²) in [5, 5.41) is 5.60. The lowest BCUT2D eigenvalue weighted by atomic mass is 10.2. The zero-order chi connectivity index (χ0) is 15.2. The summed E-state index contributed by atoms with van der Waals surface area (Å²) >= 11 is 8.37. The second-order valence-electron chi connectivity index (χ2n) is 4.00. The number of hydrogen-bond donors (Lipinski definition) is 2. The monoisotopic (exact) mass is 365 g/mol. The number of benzene rings is 1. The predicted molar refractivity (Wildman–Crippen MR) is 88.6 cm³/mol. The van der Waals surface area contributed by atoms with E-state index < -0.39 is 0 Å². The lowest BCUT2D eigenvalue weighted by Gasteiger charge is -2.09. The van der Waals surface area contributed by atoms with Crippen molar-refractivity contribution in [3.63, 3.8) is 0 Å². The summed E-state index contributed by atoms with van der Waals surface area (Å²) in [6, 6.07) is 10.4. The minimum atomic E-state index is -0.316. The van der Waals surface area contributed by atoms with E-state index in [1.165, 1.54) is 0 Å². The van der Waals surface area contributed by atoms with Gasteiger partial charge in [0, 0.05) is 16.2 Å². The molecular weight excluding hydrogens is 354 g/mol. The number of pyridine rings is 1. The third kappa shape index (κ3) is 4.51. The van der Waals surface area contributed by atoms with Gasteiger partial charge in [-0.05, 0) is 58.5 Å². The summed E-state index contributed by atoms with van der Waals surface area (Å²) < 4.78 is 5.93. The van der Waals surface area contributed by atoms with Crippen molar-refractivity contribution >= 4 is 45.0 Å². The number of hydrogen-bond acceptors (Lipinski definition) is 4. The number of anilines is 1. The van der Waals surface area contributed by atoms with Gasteiger partial charge in [-0.1, -0.05) is 6.07 Å². The van der Waals surface area contributed by atoms with E-state index in [0.29, 0.717) is 17.1 Å². The van der Waals surface area contributed by atoms with Gasteiger partial charge in [0.2, 0.25) is 0 Å². The summed E-state index contributed by atoms with van der Waals surface area (Å²) in [6.07, 6.45) is 1.63. The lowest BCUT2D eigenvalue weighted by molar-refractivity contribution is 0.0977. The van der Waals surface area contributed by atoms with Crippen LogP contribution in [0.5, 0.6) is 5.75 Å². The highest BCUT2D eigenvalue weighted by Crippen LogP contribution is 2.13. The third-order valence-electron chi connectivity index (χ3n) is 2.53. The molecule has 1 heterocycles. The summed E-state index contributed by atoms with van der Waals surface area (Å²) in [5.74, 6) is 0.841. The minimum Gasteiger partial charge on any atom is -0.497 e. The number of carbonyl (C=O) groups excluding carboxylic acids is 1. The quantitative estimate of drug-likeness (QED) is 0.818. The van der Waals surface area contributed by atoms with Gasteiger partial charge in [-0.3, -0.25) is 10.1 Å². The van der Waals surface area contributed by atoms with Crippen LogP contribution in [0, 0.1) is 0 Å². The first-order valence-corrected chi connectivity index (χ1v) is 7.16. The van der Waals surface area contributed by atoms with Crippen molar-refractivity contribution in [2.45, 2.75) is 0 Å². The molecule has 0 unspecified atom stereocenters. The Morgan fingerprint density at radius 2 is 2.14 bits per heavy atom. The molecule has 0 aliphatic rings. The van der Waals surface area contributed by atoms with Crippen molar-refractivity contribution in [2.75, 3.05) is 12.4 Å². The lowest BCUT2D eigenvalue weighted by Crippen LogP contribution is -2.34. The van der Waals surface area contributed by atoms with Crippen LogP contribution in [0.1, 0.15) is 10.4 Å². The average Bonchev–Trinajstić information content (AvgIpc) is 2.49. The topological polar surface area (TPSA) is 63.2 Å². The number of carbonyl (C=O) groups is 1. The summed E-state index contributed by atoms with van der Waals surface area (Å²) in [7, 11) is 1.54. The van der Waals surface area contributed by atoms with E-state index in [9.17, 15) is 4.79 Å². The molecule has 21 heavy (non-hydrogen) atoms. The van der Waals surface area contributed by atoms with E-state index in [-0.39, 0.29) is 11.0 Å². The second kappa shape index (κ2) is 7.14. The molecule has 0 fully saturated rings.